The molecule has 0 spiro atoms. The average Bonchev–Trinajstić information content (AvgIpc) is 1.59. The number of allylic oxidation sites excluding steroid dienone is 2. The number of alkyl halides is 1. The molecule has 2 unspecified atom stereocenters. The van der Waals surface area contributed by atoms with Crippen LogP contribution in [0.3, 0.4) is 0 Å². The summed E-state index contributed by atoms with van der Waals surface area (Å²) in [4.78, 5) is 163. The number of aryl methyl sites for hydroxylation is 2. The Hall–Kier alpha value is -10.1. The van der Waals surface area contributed by atoms with E-state index in [0.29, 0.717) is 93.4 Å². The van der Waals surface area contributed by atoms with Gasteiger partial charge in [0, 0.05) is 75.9 Å². The zero-order valence-electron chi connectivity index (χ0n) is 68.8. The SMILES string of the molecule is CC(C)C(=O)NC(N)=S.COC(=O)[C@@]12CC1/C=C\CCCCC[C@H](NC(=O)OC1CCCC1)C(=O)N1C[C@H](Oc3cc(C(=O)CBr)nc4c(C)c(OC)ccc34)C[C@H]1C(=O)N2.COc1ccc2c(O[C@@H]3C[C@H]4C(=O)N[C@]5(C(=O)O)CC5/C=C\CCCCC[C@H](NC(=O)OC5CCCC5)C(=O)N4C3)cc(-c3csc(NC(=O)C(C)C)n3)nc2c1C. The molecule has 0 bridgehead atoms. The van der Waals surface area contributed by atoms with Crippen molar-refractivity contribution in [3.63, 3.8) is 0 Å². The number of nitrogens with two attached hydrogens (primary N) is 1. The monoisotopic (exact) mass is 1740 g/mol. The normalized spacial score (nSPS) is 25.2. The van der Waals surface area contributed by atoms with Gasteiger partial charge in [-0.1, -0.05) is 93.6 Å². The van der Waals surface area contributed by atoms with Crippen molar-refractivity contribution in [1.29, 1.82) is 0 Å². The summed E-state index contributed by atoms with van der Waals surface area (Å²) >= 11 is 8.94. The van der Waals surface area contributed by atoms with Crippen LogP contribution in [-0.4, -0.2) is 200 Å². The highest BCUT2D eigenvalue weighted by molar-refractivity contribution is 9.09. The maximum atomic E-state index is 14.6. The van der Waals surface area contributed by atoms with Gasteiger partial charge in [-0.3, -0.25) is 33.6 Å². The number of aromatic nitrogens is 3. The molecule has 6 fully saturated rings. The number of ketones is 1. The van der Waals surface area contributed by atoms with Crippen LogP contribution in [0.15, 0.2) is 66.1 Å². The summed E-state index contributed by atoms with van der Waals surface area (Å²) in [6, 6.07) is 6.56. The summed E-state index contributed by atoms with van der Waals surface area (Å²) in [6.45, 7) is 10.9. The number of halogens is 1. The van der Waals surface area contributed by atoms with Crippen LogP contribution < -0.4 is 56.6 Å². The Labute approximate surface area is 709 Å². The molecule has 4 saturated carbocycles. The van der Waals surface area contributed by atoms with E-state index < -0.39 is 95.2 Å². The Kier molecular flexibility index (Phi) is 30.4. The summed E-state index contributed by atoms with van der Waals surface area (Å²) in [5.74, 6) is -3.12. The number of carbonyl (C=O) groups excluding carboxylic acids is 10. The lowest BCUT2D eigenvalue weighted by molar-refractivity contribution is -0.148. The molecule has 9 N–H and O–H groups in total. The maximum absolute atomic E-state index is 14.6. The molecule has 4 aliphatic carbocycles. The second-order valence-corrected chi connectivity index (χ2v) is 34.1. The van der Waals surface area contributed by atoms with Gasteiger partial charge < -0.3 is 85.7 Å². The van der Waals surface area contributed by atoms with Crippen molar-refractivity contribution < 1.29 is 91.0 Å². The minimum atomic E-state index is -1.47. The predicted molar refractivity (Wildman–Crippen MR) is 451 cm³/mol. The fourth-order valence-corrected chi connectivity index (χ4v) is 17.3. The number of ether oxygens (including phenoxy) is 7. The van der Waals surface area contributed by atoms with Crippen LogP contribution in [0.2, 0.25) is 0 Å². The van der Waals surface area contributed by atoms with Crippen molar-refractivity contribution in [2.45, 2.75) is 242 Å². The van der Waals surface area contributed by atoms with Crippen LogP contribution in [-0.2, 0) is 52.6 Å². The number of alkyl carbamates (subject to hydrolysis) is 2. The first kappa shape index (κ1) is 89.7. The van der Waals surface area contributed by atoms with Gasteiger partial charge in [-0.25, -0.2) is 34.1 Å². The quantitative estimate of drug-likeness (QED) is 0.0101. The van der Waals surface area contributed by atoms with E-state index in [1.807, 2.05) is 50.3 Å². The zero-order chi connectivity index (χ0) is 85.6. The number of nitrogens with one attached hydrogen (secondary N) is 6. The molecule has 2 aromatic carbocycles. The van der Waals surface area contributed by atoms with Gasteiger partial charge in [0.15, 0.2) is 16.0 Å². The smallest absolute Gasteiger partial charge is 0.408 e. The summed E-state index contributed by atoms with van der Waals surface area (Å²) in [7, 11) is 4.42. The molecular formula is C85H109BrN12O19S2. The number of thiazole rings is 1. The minimum absolute atomic E-state index is 0.00740. The number of hydrogen-bond donors (Lipinski definition) is 8. The number of rotatable bonds is 18. The number of anilines is 1. The number of carboxylic acid groups (broad SMARTS) is 1. The van der Waals surface area contributed by atoms with Crippen LogP contribution in [0.5, 0.6) is 23.0 Å². The number of pyridine rings is 2. The molecule has 0 radical (unpaired) electrons. The second kappa shape index (κ2) is 40.3. The van der Waals surface area contributed by atoms with Gasteiger partial charge in [0.2, 0.25) is 35.4 Å². The van der Waals surface area contributed by atoms with Crippen LogP contribution in [0, 0.1) is 37.5 Å². The Morgan fingerprint density at radius 3 is 1.55 bits per heavy atom. The number of amides is 8. The topological polar surface area (TPSA) is 416 Å². The Balaban J connectivity index is 0.000000212. The highest BCUT2D eigenvalue weighted by atomic mass is 79.9. The van der Waals surface area contributed by atoms with Gasteiger partial charge in [0.25, 0.3) is 0 Å². The van der Waals surface area contributed by atoms with Crippen molar-refractivity contribution in [3.8, 4) is 34.4 Å². The molecule has 31 nitrogen and oxygen atoms in total. The molecule has 7 heterocycles. The number of aliphatic carboxylic acids is 1. The van der Waals surface area contributed by atoms with Crippen LogP contribution in [0.4, 0.5) is 14.7 Å². The molecule has 119 heavy (non-hydrogen) atoms. The molecule has 10 atom stereocenters. The van der Waals surface area contributed by atoms with Gasteiger partial charge in [-0.15, -0.1) is 11.3 Å². The van der Waals surface area contributed by atoms with Gasteiger partial charge in [0.1, 0.15) is 94.0 Å². The van der Waals surface area contributed by atoms with Crippen molar-refractivity contribution >= 4 is 137 Å². The highest BCUT2D eigenvalue weighted by Gasteiger charge is 2.63. The van der Waals surface area contributed by atoms with E-state index in [0.717, 1.165) is 101 Å². The third kappa shape index (κ3) is 21.9. The first-order chi connectivity index (χ1) is 57.0. The predicted octanol–water partition coefficient (Wildman–Crippen LogP) is 11.2. The first-order valence-corrected chi connectivity index (χ1v) is 43.5. The van der Waals surface area contributed by atoms with Gasteiger partial charge in [-0.05, 0) is 153 Å². The Bertz CT molecular complexity index is 4700. The molecule has 13 rings (SSSR count). The summed E-state index contributed by atoms with van der Waals surface area (Å²) < 4.78 is 40.9. The first-order valence-electron chi connectivity index (χ1n) is 41.1. The fraction of sp³-hybridized carbons (Fsp3) is 0.565. The van der Waals surface area contributed by atoms with Gasteiger partial charge >= 0.3 is 24.1 Å². The van der Waals surface area contributed by atoms with E-state index in [2.05, 4.69) is 70.0 Å². The lowest BCUT2D eigenvalue weighted by atomic mass is 10.0. The van der Waals surface area contributed by atoms with Crippen molar-refractivity contribution in [3.05, 3.63) is 82.9 Å². The molecule has 8 aliphatic rings. The number of hydrogen-bond acceptors (Lipinski definition) is 23. The molecule has 2 saturated heterocycles. The molecular weight excluding hydrogens is 1640 g/mol. The van der Waals surface area contributed by atoms with Crippen molar-refractivity contribution in [2.75, 3.05) is 45.1 Å². The lowest BCUT2D eigenvalue weighted by Crippen LogP contribution is -2.56. The van der Waals surface area contributed by atoms with Crippen LogP contribution in [0.25, 0.3) is 33.2 Å². The Morgan fingerprint density at radius 2 is 1.08 bits per heavy atom. The number of thiocarbonyl (C=S) groups is 1. The van der Waals surface area contributed by atoms with Crippen molar-refractivity contribution in [1.82, 2.24) is 51.3 Å². The number of esters is 1. The number of methoxy groups -OCH3 is 3. The molecule has 3 aromatic heterocycles. The minimum Gasteiger partial charge on any atom is -0.496 e. The summed E-state index contributed by atoms with van der Waals surface area (Å²) in [5, 5.41) is 30.5. The second-order valence-electron chi connectivity index (χ2n) is 32.3. The number of Topliss-reactive ketones (excluding diaryl/α,β-unsaturated/α-hetero) is 1. The fourth-order valence-electron chi connectivity index (χ4n) is 16.2. The highest BCUT2D eigenvalue weighted by Crippen LogP contribution is 2.48. The number of nitrogens with zero attached hydrogens (tertiary/aromatic N) is 5. The third-order valence-electron chi connectivity index (χ3n) is 23.2. The number of benzene rings is 2. The average molecular weight is 1750 g/mol. The molecule has 642 valence electrons. The summed E-state index contributed by atoms with van der Waals surface area (Å²) in [5.41, 5.74) is 6.10. The number of fused-ring (bicyclic) bond motifs is 6. The van der Waals surface area contributed by atoms with Gasteiger partial charge in [-0.2, -0.15) is 0 Å². The van der Waals surface area contributed by atoms with E-state index in [9.17, 15) is 57.8 Å². The Morgan fingerprint density at radius 1 is 0.613 bits per heavy atom. The van der Waals surface area contributed by atoms with Crippen LogP contribution in [0.1, 0.15) is 191 Å². The standard InChI is InChI=1S/C42H52N6O9S.C38H47BrN4O9.C5H10N2OS/c1-23(2)36(49)46-40-44-31(22-58-40)30-19-34(28-16-17-33(55-4)24(3)35(28)43-30)56-27-18-32-37(50)47-42(39(52)53)20-25(42)12-8-6-5-7-9-15-29(38(51)48(32)21-27)45-41(54)57-26-13-10-11-14-26;1-22-31(49-2)16-15-26-32(18-28(30(44)20-39)40-33(22)26)51-25-17-29-34(45)42-38(36(47)50-3)19-23(38)11-7-5-4-6-8-14-27(35(46)43(29)21-25)41-37(48)52-24-12-9-10-13-24;1-3(2)4(8)7-5(6)9/h8,12,16-17,19,22-23,25-27,29,32H,5-7,9-11,13-15,18,20-21H2,1-4H3,(H,45,54)(H,47,50)(H,52,53)(H,44,46,49);7,11,15-16,18,23-25,27,29H,4-6,8-10,12-14,17,19-21H2,1-3H3,(H,41,48)(H,42,45);3H,1-2H3,(H3,6,7,8,9)/b12-8-;11-7-;/t25?,27-,29+,32+,42-;23?,25-,27+,29+,38-;/m11./s1. The third-order valence-corrected chi connectivity index (χ3v) is 24.5. The zero-order valence-corrected chi connectivity index (χ0v) is 72.0. The van der Waals surface area contributed by atoms with E-state index in [4.69, 9.17) is 43.9 Å². The van der Waals surface area contributed by atoms with E-state index >= 15 is 0 Å². The molecule has 34 heteroatoms. The van der Waals surface area contributed by atoms with Crippen LogP contribution >= 0.6 is 39.5 Å². The number of carbonyl (C=O) groups is 11. The molecule has 4 aliphatic heterocycles. The lowest BCUT2D eigenvalue weighted by Gasteiger charge is -2.29. The maximum Gasteiger partial charge on any atom is 0.408 e. The van der Waals surface area contributed by atoms with Gasteiger partial charge in [0.05, 0.1) is 56.5 Å². The van der Waals surface area contributed by atoms with Crippen molar-refractivity contribution in [2.24, 2.45) is 29.4 Å². The largest absolute Gasteiger partial charge is 0.496 e. The molecule has 5 aromatic rings. The number of carboxylic acids is 1. The molecule has 8 amide bonds. The van der Waals surface area contributed by atoms with E-state index in [1.54, 1.807) is 71.6 Å². The van der Waals surface area contributed by atoms with E-state index in [1.165, 1.54) is 28.2 Å². The van der Waals surface area contributed by atoms with E-state index in [-0.39, 0.29) is 102 Å². The summed E-state index contributed by atoms with van der Waals surface area (Å²) in [6.07, 6.45) is 19.4.